The van der Waals surface area contributed by atoms with E-state index >= 15 is 0 Å². The molecule has 3 aliphatic rings. The van der Waals surface area contributed by atoms with Crippen molar-refractivity contribution in [2.45, 2.75) is 50.5 Å². The van der Waals surface area contributed by atoms with E-state index in [1.807, 2.05) is 12.1 Å². The van der Waals surface area contributed by atoms with E-state index in [1.54, 1.807) is 12.4 Å². The monoisotopic (exact) mass is 344 g/mol. The Kier molecular flexibility index (Phi) is 4.93. The topological polar surface area (TPSA) is 51.7 Å². The largest absolute Gasteiger partial charge is 0.492 e. The van der Waals surface area contributed by atoms with Crippen molar-refractivity contribution in [3.8, 4) is 5.75 Å². The zero-order valence-electron chi connectivity index (χ0n) is 14.9. The first-order chi connectivity index (χ1) is 12.2. The SMILES string of the molecule is O=C(C1CC1)N1CCC2(CC1)CC(CCOc1cccnc1)CCO2. The van der Waals surface area contributed by atoms with Crippen LogP contribution in [0, 0.1) is 11.8 Å². The molecule has 0 N–H and O–H groups in total. The fraction of sp³-hybridized carbons (Fsp3) is 0.700. The average molecular weight is 344 g/mol. The Morgan fingerprint density at radius 3 is 2.88 bits per heavy atom. The highest BCUT2D eigenvalue weighted by atomic mass is 16.5. The molecule has 0 aromatic carbocycles. The second kappa shape index (κ2) is 7.32. The Hall–Kier alpha value is -1.62. The highest BCUT2D eigenvalue weighted by molar-refractivity contribution is 5.81. The van der Waals surface area contributed by atoms with Gasteiger partial charge in [0.2, 0.25) is 5.91 Å². The molecule has 2 saturated heterocycles. The quantitative estimate of drug-likeness (QED) is 0.824. The maximum atomic E-state index is 12.2. The number of likely N-dealkylation sites (tertiary alicyclic amines) is 1. The Labute approximate surface area is 149 Å². The molecule has 1 saturated carbocycles. The van der Waals surface area contributed by atoms with Crippen LogP contribution < -0.4 is 4.74 Å². The van der Waals surface area contributed by atoms with Gasteiger partial charge in [0.15, 0.2) is 0 Å². The number of rotatable bonds is 5. The van der Waals surface area contributed by atoms with Crippen LogP contribution in [-0.2, 0) is 9.53 Å². The standard InChI is InChI=1S/C20H28N2O3/c23-19(17-3-4-17)22-10-7-20(8-11-22)14-16(6-13-25-20)5-12-24-18-2-1-9-21-15-18/h1-2,9,15-17H,3-8,10-14H2. The molecule has 25 heavy (non-hydrogen) atoms. The molecule has 1 unspecified atom stereocenters. The summed E-state index contributed by atoms with van der Waals surface area (Å²) in [4.78, 5) is 18.4. The normalized spacial score (nSPS) is 25.8. The molecule has 1 atom stereocenters. The summed E-state index contributed by atoms with van der Waals surface area (Å²) in [7, 11) is 0. The van der Waals surface area contributed by atoms with E-state index in [-0.39, 0.29) is 5.60 Å². The zero-order chi connectivity index (χ0) is 17.1. The van der Waals surface area contributed by atoms with Crippen molar-refractivity contribution in [2.75, 3.05) is 26.3 Å². The molecule has 1 amide bonds. The molecule has 0 radical (unpaired) electrons. The third-order valence-electron chi connectivity index (χ3n) is 5.94. The number of amides is 1. The summed E-state index contributed by atoms with van der Waals surface area (Å²) in [6.45, 7) is 3.31. The first kappa shape index (κ1) is 16.8. The molecular weight excluding hydrogens is 316 g/mol. The number of hydrogen-bond acceptors (Lipinski definition) is 4. The van der Waals surface area contributed by atoms with E-state index in [0.29, 0.717) is 17.7 Å². The minimum absolute atomic E-state index is 0.00243. The maximum absolute atomic E-state index is 12.2. The van der Waals surface area contributed by atoms with Gasteiger partial charge in [-0.25, -0.2) is 0 Å². The average Bonchev–Trinajstić information content (AvgIpc) is 3.48. The number of hydrogen-bond donors (Lipinski definition) is 0. The molecule has 2 aliphatic heterocycles. The summed E-state index contributed by atoms with van der Waals surface area (Å²) < 4.78 is 12.0. The maximum Gasteiger partial charge on any atom is 0.225 e. The number of nitrogens with zero attached hydrogens (tertiary/aromatic N) is 2. The molecule has 1 spiro atoms. The molecule has 136 valence electrons. The van der Waals surface area contributed by atoms with Gasteiger partial charge in [0, 0.05) is 31.8 Å². The molecule has 4 rings (SSSR count). The first-order valence-corrected chi connectivity index (χ1v) is 9.70. The Balaban J connectivity index is 1.24. The molecule has 1 aromatic heterocycles. The minimum atomic E-state index is -0.00243. The predicted molar refractivity (Wildman–Crippen MR) is 94.3 cm³/mol. The zero-order valence-corrected chi connectivity index (χ0v) is 14.9. The molecule has 3 heterocycles. The van der Waals surface area contributed by atoms with Crippen LogP contribution in [-0.4, -0.2) is 47.7 Å². The van der Waals surface area contributed by atoms with Crippen molar-refractivity contribution in [2.24, 2.45) is 11.8 Å². The summed E-state index contributed by atoms with van der Waals surface area (Å²) in [6, 6.07) is 3.85. The smallest absolute Gasteiger partial charge is 0.225 e. The van der Waals surface area contributed by atoms with Crippen LogP contribution in [0.4, 0.5) is 0 Å². The second-order valence-corrected chi connectivity index (χ2v) is 7.82. The Morgan fingerprint density at radius 1 is 1.32 bits per heavy atom. The lowest BCUT2D eigenvalue weighted by molar-refractivity contribution is -0.148. The van der Waals surface area contributed by atoms with Crippen molar-refractivity contribution >= 4 is 5.91 Å². The molecule has 1 aromatic rings. The third-order valence-corrected chi connectivity index (χ3v) is 5.94. The minimum Gasteiger partial charge on any atom is -0.492 e. The third kappa shape index (κ3) is 4.14. The first-order valence-electron chi connectivity index (χ1n) is 9.70. The summed E-state index contributed by atoms with van der Waals surface area (Å²) in [6.07, 6.45) is 11.0. The van der Waals surface area contributed by atoms with Gasteiger partial charge in [0.25, 0.3) is 0 Å². The van der Waals surface area contributed by atoms with Crippen molar-refractivity contribution < 1.29 is 14.3 Å². The van der Waals surface area contributed by atoms with Crippen LogP contribution >= 0.6 is 0 Å². The van der Waals surface area contributed by atoms with E-state index in [4.69, 9.17) is 9.47 Å². The van der Waals surface area contributed by atoms with E-state index in [0.717, 1.165) is 77.0 Å². The van der Waals surface area contributed by atoms with Gasteiger partial charge < -0.3 is 14.4 Å². The van der Waals surface area contributed by atoms with Crippen LogP contribution in [0.5, 0.6) is 5.75 Å². The summed E-state index contributed by atoms with van der Waals surface area (Å²) in [5.41, 5.74) is -0.00243. The van der Waals surface area contributed by atoms with Gasteiger partial charge in [-0.2, -0.15) is 0 Å². The number of piperidine rings is 1. The molecule has 5 heteroatoms. The lowest BCUT2D eigenvalue weighted by Gasteiger charge is -2.46. The van der Waals surface area contributed by atoms with Crippen molar-refractivity contribution in [1.29, 1.82) is 0 Å². The van der Waals surface area contributed by atoms with E-state index in [1.165, 1.54) is 0 Å². The fourth-order valence-electron chi connectivity index (χ4n) is 4.22. The van der Waals surface area contributed by atoms with Crippen molar-refractivity contribution in [3.05, 3.63) is 24.5 Å². The van der Waals surface area contributed by atoms with Gasteiger partial charge in [0.05, 0.1) is 18.4 Å². The Morgan fingerprint density at radius 2 is 2.16 bits per heavy atom. The number of carbonyl (C=O) groups excluding carboxylic acids is 1. The molecule has 5 nitrogen and oxygen atoms in total. The van der Waals surface area contributed by atoms with Gasteiger partial charge in [-0.15, -0.1) is 0 Å². The molecule has 3 fully saturated rings. The Bertz CT molecular complexity index is 580. The lowest BCUT2D eigenvalue weighted by Crippen LogP contribution is -2.51. The van der Waals surface area contributed by atoms with Gasteiger partial charge in [-0.1, -0.05) is 0 Å². The number of ether oxygens (including phenoxy) is 2. The van der Waals surface area contributed by atoms with Gasteiger partial charge >= 0.3 is 0 Å². The van der Waals surface area contributed by atoms with Crippen LogP contribution in [0.1, 0.15) is 44.9 Å². The highest BCUT2D eigenvalue weighted by Crippen LogP contribution is 2.40. The van der Waals surface area contributed by atoms with Crippen molar-refractivity contribution in [1.82, 2.24) is 9.88 Å². The van der Waals surface area contributed by atoms with Gasteiger partial charge in [-0.3, -0.25) is 9.78 Å². The summed E-state index contributed by atoms with van der Waals surface area (Å²) in [5.74, 6) is 2.21. The van der Waals surface area contributed by atoms with Crippen LogP contribution in [0.3, 0.4) is 0 Å². The van der Waals surface area contributed by atoms with Crippen LogP contribution in [0.15, 0.2) is 24.5 Å². The molecule has 1 aliphatic carbocycles. The van der Waals surface area contributed by atoms with Crippen molar-refractivity contribution in [3.63, 3.8) is 0 Å². The lowest BCUT2D eigenvalue weighted by atomic mass is 9.78. The number of pyridine rings is 1. The fourth-order valence-corrected chi connectivity index (χ4v) is 4.22. The molecular formula is C20H28N2O3. The van der Waals surface area contributed by atoms with E-state index in [9.17, 15) is 4.79 Å². The van der Waals surface area contributed by atoms with Crippen LogP contribution in [0.2, 0.25) is 0 Å². The van der Waals surface area contributed by atoms with Crippen LogP contribution in [0.25, 0.3) is 0 Å². The predicted octanol–water partition coefficient (Wildman–Crippen LogP) is 3.05. The highest BCUT2D eigenvalue weighted by Gasteiger charge is 2.43. The number of carbonyl (C=O) groups is 1. The van der Waals surface area contributed by atoms with Gasteiger partial charge in [0.1, 0.15) is 5.75 Å². The number of aromatic nitrogens is 1. The summed E-state index contributed by atoms with van der Waals surface area (Å²) in [5, 5.41) is 0. The second-order valence-electron chi connectivity index (χ2n) is 7.82. The van der Waals surface area contributed by atoms with E-state index < -0.39 is 0 Å². The summed E-state index contributed by atoms with van der Waals surface area (Å²) >= 11 is 0. The van der Waals surface area contributed by atoms with E-state index in [2.05, 4.69) is 9.88 Å². The van der Waals surface area contributed by atoms with Gasteiger partial charge in [-0.05, 0) is 63.0 Å². The molecule has 0 bridgehead atoms.